The highest BCUT2D eigenvalue weighted by molar-refractivity contribution is 5.93. The van der Waals surface area contributed by atoms with E-state index in [2.05, 4.69) is 26.3 Å². The normalized spacial score (nSPS) is 14.4. The zero-order chi connectivity index (χ0) is 23.9. The Balaban J connectivity index is 1.34. The Morgan fingerprint density at radius 3 is 2.47 bits per heavy atom. The molecule has 9 heteroatoms. The van der Waals surface area contributed by atoms with E-state index in [1.54, 1.807) is 18.9 Å². The largest absolute Gasteiger partial charge is 0.497 e. The number of nitrogens with zero attached hydrogens (tertiary/aromatic N) is 5. The maximum absolute atomic E-state index is 12.8. The molecule has 1 saturated heterocycles. The number of amides is 1. The highest BCUT2D eigenvalue weighted by Gasteiger charge is 2.22. The third kappa shape index (κ3) is 5.36. The van der Waals surface area contributed by atoms with E-state index < -0.39 is 0 Å². The van der Waals surface area contributed by atoms with E-state index in [1.807, 2.05) is 48.5 Å². The summed E-state index contributed by atoms with van der Waals surface area (Å²) in [5, 5.41) is 16.6. The summed E-state index contributed by atoms with van der Waals surface area (Å²) in [7, 11) is 3.32. The van der Waals surface area contributed by atoms with Crippen molar-refractivity contribution in [1.82, 2.24) is 19.6 Å². The van der Waals surface area contributed by atoms with Gasteiger partial charge in [0.15, 0.2) is 5.82 Å². The van der Waals surface area contributed by atoms with Crippen LogP contribution in [0.3, 0.4) is 0 Å². The van der Waals surface area contributed by atoms with Gasteiger partial charge in [0, 0.05) is 38.3 Å². The third-order valence-electron chi connectivity index (χ3n) is 5.86. The lowest BCUT2D eigenvalue weighted by Crippen LogP contribution is -2.48. The highest BCUT2D eigenvalue weighted by Crippen LogP contribution is 2.26. The van der Waals surface area contributed by atoms with Gasteiger partial charge in [-0.2, -0.15) is 10.4 Å². The van der Waals surface area contributed by atoms with E-state index in [1.165, 1.54) is 6.20 Å². The van der Waals surface area contributed by atoms with E-state index >= 15 is 0 Å². The molecule has 3 aromatic rings. The zero-order valence-corrected chi connectivity index (χ0v) is 19.4. The van der Waals surface area contributed by atoms with Crippen LogP contribution in [-0.2, 0) is 11.3 Å². The molecule has 1 fully saturated rings. The first-order valence-corrected chi connectivity index (χ1v) is 11.1. The fourth-order valence-electron chi connectivity index (χ4n) is 4.04. The van der Waals surface area contributed by atoms with Crippen LogP contribution in [0, 0.1) is 11.3 Å². The molecule has 1 aliphatic rings. The first kappa shape index (κ1) is 23.3. The summed E-state index contributed by atoms with van der Waals surface area (Å²) in [4.78, 5) is 17.3. The fourth-order valence-corrected chi connectivity index (χ4v) is 4.04. The van der Waals surface area contributed by atoms with Crippen LogP contribution in [0.2, 0.25) is 0 Å². The van der Waals surface area contributed by atoms with Crippen LogP contribution < -0.4 is 14.8 Å². The van der Waals surface area contributed by atoms with Gasteiger partial charge in [-0.3, -0.25) is 14.6 Å². The lowest BCUT2D eigenvalue weighted by molar-refractivity contribution is -0.117. The number of nitriles is 1. The van der Waals surface area contributed by atoms with Gasteiger partial charge in [0.25, 0.3) is 0 Å². The topological polar surface area (TPSA) is 95.7 Å². The van der Waals surface area contributed by atoms with Crippen LogP contribution in [0.4, 0.5) is 5.82 Å². The number of methoxy groups -OCH3 is 2. The minimum atomic E-state index is -0.169. The fraction of sp³-hybridized carbons (Fsp3) is 0.320. The monoisotopic (exact) mass is 460 g/mol. The Morgan fingerprint density at radius 1 is 1.06 bits per heavy atom. The number of hydrogen-bond donors (Lipinski definition) is 1. The number of benzene rings is 2. The minimum Gasteiger partial charge on any atom is -0.497 e. The van der Waals surface area contributed by atoms with Gasteiger partial charge < -0.3 is 14.8 Å². The first-order chi connectivity index (χ1) is 16.6. The molecule has 2 heterocycles. The van der Waals surface area contributed by atoms with E-state index in [4.69, 9.17) is 9.47 Å². The number of piperazine rings is 1. The molecular formula is C25H28N6O3. The van der Waals surface area contributed by atoms with Crippen molar-refractivity contribution in [1.29, 1.82) is 5.26 Å². The van der Waals surface area contributed by atoms with Gasteiger partial charge in [-0.15, -0.1) is 0 Å². The van der Waals surface area contributed by atoms with E-state index in [-0.39, 0.29) is 12.5 Å². The van der Waals surface area contributed by atoms with Crippen molar-refractivity contribution >= 4 is 11.7 Å². The van der Waals surface area contributed by atoms with E-state index in [0.717, 1.165) is 55.5 Å². The number of carbonyl (C=O) groups is 1. The third-order valence-corrected chi connectivity index (χ3v) is 5.86. The number of anilines is 1. The SMILES string of the molecule is COc1ccc(OC)c(CN2CCN(CC(=O)Nc3c(C#N)cnn3-c3ccccc3)CC2)c1. The summed E-state index contributed by atoms with van der Waals surface area (Å²) in [5.74, 6) is 1.86. The quantitative estimate of drug-likeness (QED) is 0.552. The van der Waals surface area contributed by atoms with Crippen LogP contribution >= 0.6 is 0 Å². The Kier molecular flexibility index (Phi) is 7.42. The maximum atomic E-state index is 12.8. The summed E-state index contributed by atoms with van der Waals surface area (Å²) in [5.41, 5.74) is 2.18. The Bertz CT molecular complexity index is 1160. The van der Waals surface area contributed by atoms with Crippen LogP contribution in [0.15, 0.2) is 54.7 Å². The Labute approximate surface area is 199 Å². The molecule has 4 rings (SSSR count). The average Bonchev–Trinajstić information content (AvgIpc) is 3.28. The molecule has 0 atom stereocenters. The van der Waals surface area contributed by atoms with Crippen molar-refractivity contribution in [2.75, 3.05) is 52.3 Å². The molecule has 34 heavy (non-hydrogen) atoms. The van der Waals surface area contributed by atoms with Gasteiger partial charge in [0.1, 0.15) is 23.1 Å². The smallest absolute Gasteiger partial charge is 0.239 e. The summed E-state index contributed by atoms with van der Waals surface area (Å²) < 4.78 is 12.4. The van der Waals surface area contributed by atoms with E-state index in [0.29, 0.717) is 11.4 Å². The molecule has 1 aliphatic heterocycles. The van der Waals surface area contributed by atoms with Gasteiger partial charge in [-0.05, 0) is 30.3 Å². The molecule has 1 aromatic heterocycles. The zero-order valence-electron chi connectivity index (χ0n) is 19.4. The van der Waals surface area contributed by atoms with Gasteiger partial charge in [-0.25, -0.2) is 4.68 Å². The molecule has 0 bridgehead atoms. The van der Waals surface area contributed by atoms with Gasteiger partial charge >= 0.3 is 0 Å². The molecule has 1 N–H and O–H groups in total. The summed E-state index contributed by atoms with van der Waals surface area (Å²) >= 11 is 0. The number of hydrogen-bond acceptors (Lipinski definition) is 7. The summed E-state index contributed by atoms with van der Waals surface area (Å²) in [6, 6.07) is 17.3. The van der Waals surface area contributed by atoms with Crippen molar-refractivity contribution < 1.29 is 14.3 Å². The standard InChI is InChI=1S/C25H28N6O3/c1-33-22-8-9-23(34-2)19(14-22)17-29-10-12-30(13-11-29)18-24(32)28-25-20(15-26)16-27-31(25)21-6-4-3-5-7-21/h3-9,14,16H,10-13,17-18H2,1-2H3,(H,28,32). The minimum absolute atomic E-state index is 0.169. The molecule has 0 aliphatic carbocycles. The first-order valence-electron chi connectivity index (χ1n) is 11.1. The number of rotatable bonds is 8. The number of nitrogens with one attached hydrogen (secondary N) is 1. The molecule has 176 valence electrons. The van der Waals surface area contributed by atoms with E-state index in [9.17, 15) is 10.1 Å². The Hall–Kier alpha value is -3.87. The molecular weight excluding hydrogens is 432 g/mol. The lowest BCUT2D eigenvalue weighted by Gasteiger charge is -2.34. The Morgan fingerprint density at radius 2 is 1.79 bits per heavy atom. The molecule has 2 aromatic carbocycles. The molecule has 9 nitrogen and oxygen atoms in total. The van der Waals surface area contributed by atoms with Gasteiger partial charge in [0.05, 0.1) is 32.6 Å². The van der Waals surface area contributed by atoms with Crippen molar-refractivity contribution in [3.05, 3.63) is 65.9 Å². The predicted molar refractivity (Wildman–Crippen MR) is 128 cm³/mol. The number of carbonyl (C=O) groups excluding carboxylic acids is 1. The van der Waals surface area contributed by atoms with Crippen molar-refractivity contribution in [3.8, 4) is 23.3 Å². The predicted octanol–water partition coefficient (Wildman–Crippen LogP) is 2.52. The average molecular weight is 461 g/mol. The summed E-state index contributed by atoms with van der Waals surface area (Å²) in [6.45, 7) is 4.20. The van der Waals surface area contributed by atoms with Crippen molar-refractivity contribution in [2.24, 2.45) is 0 Å². The number of aromatic nitrogens is 2. The molecule has 1 amide bonds. The second-order valence-corrected chi connectivity index (χ2v) is 8.04. The van der Waals surface area contributed by atoms with Gasteiger partial charge in [0.2, 0.25) is 5.91 Å². The molecule has 0 radical (unpaired) electrons. The van der Waals surface area contributed by atoms with Crippen LogP contribution in [-0.4, -0.2) is 72.4 Å². The second kappa shape index (κ2) is 10.8. The van der Waals surface area contributed by atoms with Gasteiger partial charge in [-0.1, -0.05) is 18.2 Å². The molecule has 0 spiro atoms. The number of ether oxygens (including phenoxy) is 2. The van der Waals surface area contributed by atoms with Crippen molar-refractivity contribution in [3.63, 3.8) is 0 Å². The highest BCUT2D eigenvalue weighted by atomic mass is 16.5. The number of para-hydroxylation sites is 1. The van der Waals surface area contributed by atoms with Crippen LogP contribution in [0.25, 0.3) is 5.69 Å². The second-order valence-electron chi connectivity index (χ2n) is 8.04. The van der Waals surface area contributed by atoms with Crippen LogP contribution in [0.1, 0.15) is 11.1 Å². The van der Waals surface area contributed by atoms with Crippen molar-refractivity contribution in [2.45, 2.75) is 6.54 Å². The molecule has 0 saturated carbocycles. The van der Waals surface area contributed by atoms with Crippen LogP contribution in [0.5, 0.6) is 11.5 Å². The maximum Gasteiger partial charge on any atom is 0.239 e. The molecule has 0 unspecified atom stereocenters. The lowest BCUT2D eigenvalue weighted by atomic mass is 10.1. The summed E-state index contributed by atoms with van der Waals surface area (Å²) in [6.07, 6.45) is 1.47.